The van der Waals surface area contributed by atoms with Crippen LogP contribution < -0.4 is 10.5 Å². The van der Waals surface area contributed by atoms with Crippen molar-refractivity contribution >= 4 is 39.1 Å². The van der Waals surface area contributed by atoms with Gasteiger partial charge in [0.25, 0.3) is 0 Å². The summed E-state index contributed by atoms with van der Waals surface area (Å²) in [5.74, 6) is -0.0597. The molecule has 0 aliphatic heterocycles. The second-order valence-corrected chi connectivity index (χ2v) is 5.37. The first-order chi connectivity index (χ1) is 10.1. The van der Waals surface area contributed by atoms with Crippen LogP contribution in [0.3, 0.4) is 0 Å². The summed E-state index contributed by atoms with van der Waals surface area (Å²) >= 11 is 8.82. The van der Waals surface area contributed by atoms with Crippen LogP contribution in [-0.2, 0) is 6.61 Å². The van der Waals surface area contributed by atoms with Gasteiger partial charge in [-0.15, -0.1) is 11.6 Å². The first kappa shape index (κ1) is 15.8. The third-order valence-electron chi connectivity index (χ3n) is 2.62. The minimum absolute atomic E-state index is 0.0888. The standard InChI is InChI=1S/C15H13BrClFN2O/c16-12-6-11(20-14(19)8-17)7-13(18)15(12)21-9-10-4-2-1-3-5-10/h1-7H,8-9H2,(H2,19,20). The highest BCUT2D eigenvalue weighted by Crippen LogP contribution is 2.33. The Bertz CT molecular complexity index is 626. The highest BCUT2D eigenvalue weighted by molar-refractivity contribution is 9.10. The van der Waals surface area contributed by atoms with E-state index in [1.807, 2.05) is 30.3 Å². The first-order valence-corrected chi connectivity index (χ1v) is 7.47. The lowest BCUT2D eigenvalue weighted by Gasteiger charge is -2.10. The predicted octanol–water partition coefficient (Wildman–Crippen LogP) is 4.39. The van der Waals surface area contributed by atoms with Crippen molar-refractivity contribution in [1.82, 2.24) is 0 Å². The third kappa shape index (κ3) is 4.44. The van der Waals surface area contributed by atoms with Crippen LogP contribution in [0, 0.1) is 5.82 Å². The number of aliphatic imine (C=N–C) groups is 1. The van der Waals surface area contributed by atoms with E-state index in [1.165, 1.54) is 6.07 Å². The van der Waals surface area contributed by atoms with Crippen LogP contribution >= 0.6 is 27.5 Å². The molecule has 0 saturated heterocycles. The predicted molar refractivity (Wildman–Crippen MR) is 86.9 cm³/mol. The average Bonchev–Trinajstić information content (AvgIpc) is 2.47. The zero-order valence-corrected chi connectivity index (χ0v) is 13.4. The molecule has 0 radical (unpaired) electrons. The Morgan fingerprint density at radius 3 is 2.62 bits per heavy atom. The maximum absolute atomic E-state index is 14.1. The Hall–Kier alpha value is -1.59. The summed E-state index contributed by atoms with van der Waals surface area (Å²) in [4.78, 5) is 4.00. The van der Waals surface area contributed by atoms with Gasteiger partial charge in [-0.3, -0.25) is 0 Å². The fourth-order valence-electron chi connectivity index (χ4n) is 1.67. The molecule has 0 aliphatic rings. The second-order valence-electron chi connectivity index (χ2n) is 4.25. The molecule has 0 bridgehead atoms. The maximum atomic E-state index is 14.1. The van der Waals surface area contributed by atoms with Crippen LogP contribution in [0.5, 0.6) is 5.75 Å². The number of amidine groups is 1. The topological polar surface area (TPSA) is 47.6 Å². The third-order valence-corrected chi connectivity index (χ3v) is 3.48. The molecular weight excluding hydrogens is 359 g/mol. The van der Waals surface area contributed by atoms with Crippen LogP contribution in [0.1, 0.15) is 5.56 Å². The Balaban J connectivity index is 2.17. The number of halogens is 3. The lowest BCUT2D eigenvalue weighted by molar-refractivity contribution is 0.288. The van der Waals surface area contributed by atoms with Gasteiger partial charge in [0.15, 0.2) is 11.6 Å². The first-order valence-electron chi connectivity index (χ1n) is 6.15. The van der Waals surface area contributed by atoms with Gasteiger partial charge in [0.05, 0.1) is 16.0 Å². The van der Waals surface area contributed by atoms with Crippen LogP contribution in [-0.4, -0.2) is 11.7 Å². The van der Waals surface area contributed by atoms with E-state index < -0.39 is 5.82 Å². The Labute approximate surface area is 135 Å². The number of nitrogens with zero attached hydrogens (tertiary/aromatic N) is 1. The van der Waals surface area contributed by atoms with Crippen molar-refractivity contribution in [3.05, 3.63) is 58.3 Å². The van der Waals surface area contributed by atoms with E-state index in [0.717, 1.165) is 5.56 Å². The normalized spacial score (nSPS) is 11.5. The van der Waals surface area contributed by atoms with Crippen molar-refractivity contribution in [2.24, 2.45) is 10.7 Å². The van der Waals surface area contributed by atoms with E-state index in [9.17, 15) is 4.39 Å². The molecular formula is C15H13BrClFN2O. The summed E-state index contributed by atoms with van der Waals surface area (Å²) < 4.78 is 20.1. The van der Waals surface area contributed by atoms with Crippen molar-refractivity contribution in [2.75, 3.05) is 5.88 Å². The van der Waals surface area contributed by atoms with E-state index in [0.29, 0.717) is 10.2 Å². The van der Waals surface area contributed by atoms with Crippen molar-refractivity contribution in [1.29, 1.82) is 0 Å². The molecule has 2 aromatic carbocycles. The van der Waals surface area contributed by atoms with Crippen molar-refractivity contribution in [2.45, 2.75) is 6.61 Å². The van der Waals surface area contributed by atoms with E-state index in [2.05, 4.69) is 20.9 Å². The molecule has 2 N–H and O–H groups in total. The van der Waals surface area contributed by atoms with E-state index >= 15 is 0 Å². The molecule has 110 valence electrons. The summed E-state index contributed by atoms with van der Waals surface area (Å²) in [7, 11) is 0. The number of rotatable bonds is 5. The van der Waals surface area contributed by atoms with E-state index in [4.69, 9.17) is 22.1 Å². The molecule has 6 heteroatoms. The zero-order chi connectivity index (χ0) is 15.2. The number of nitrogens with two attached hydrogens (primary N) is 1. The average molecular weight is 372 g/mol. The van der Waals surface area contributed by atoms with Crippen LogP contribution in [0.25, 0.3) is 0 Å². The molecule has 0 aromatic heterocycles. The van der Waals surface area contributed by atoms with Gasteiger partial charge in [0.1, 0.15) is 12.4 Å². The highest BCUT2D eigenvalue weighted by Gasteiger charge is 2.11. The van der Waals surface area contributed by atoms with Gasteiger partial charge in [0, 0.05) is 6.07 Å². The molecule has 3 nitrogen and oxygen atoms in total. The molecule has 0 spiro atoms. The molecule has 21 heavy (non-hydrogen) atoms. The smallest absolute Gasteiger partial charge is 0.169 e. The van der Waals surface area contributed by atoms with Gasteiger partial charge < -0.3 is 10.5 Å². The largest absolute Gasteiger partial charge is 0.485 e. The van der Waals surface area contributed by atoms with E-state index in [1.54, 1.807) is 6.07 Å². The van der Waals surface area contributed by atoms with Crippen LogP contribution in [0.2, 0.25) is 0 Å². The molecule has 0 atom stereocenters. The van der Waals surface area contributed by atoms with Crippen molar-refractivity contribution in [3.8, 4) is 5.75 Å². The lowest BCUT2D eigenvalue weighted by atomic mass is 10.2. The molecule has 0 unspecified atom stereocenters. The van der Waals surface area contributed by atoms with Gasteiger partial charge in [-0.25, -0.2) is 9.38 Å². The number of ether oxygens (including phenoxy) is 1. The SMILES string of the molecule is NC(CCl)=Nc1cc(F)c(OCc2ccccc2)c(Br)c1. The summed E-state index contributed by atoms with van der Waals surface area (Å²) in [6.07, 6.45) is 0. The Morgan fingerprint density at radius 2 is 2.00 bits per heavy atom. The van der Waals surface area contributed by atoms with Gasteiger partial charge in [-0.1, -0.05) is 30.3 Å². The summed E-state index contributed by atoms with van der Waals surface area (Å²) in [6, 6.07) is 12.4. The summed E-state index contributed by atoms with van der Waals surface area (Å²) in [5.41, 5.74) is 6.86. The maximum Gasteiger partial charge on any atom is 0.169 e. The molecule has 0 fully saturated rings. The highest BCUT2D eigenvalue weighted by atomic mass is 79.9. The summed E-state index contributed by atoms with van der Waals surface area (Å²) in [5, 5.41) is 0. The van der Waals surface area contributed by atoms with Crippen LogP contribution in [0.15, 0.2) is 51.9 Å². The number of benzene rings is 2. The second kappa shape index (κ2) is 7.43. The minimum Gasteiger partial charge on any atom is -0.485 e. The molecule has 2 aromatic rings. The number of hydrogen-bond acceptors (Lipinski definition) is 2. The molecule has 2 rings (SSSR count). The van der Waals surface area contributed by atoms with Crippen molar-refractivity contribution in [3.63, 3.8) is 0 Å². The lowest BCUT2D eigenvalue weighted by Crippen LogP contribution is -2.12. The van der Waals surface area contributed by atoms with Gasteiger partial charge in [0.2, 0.25) is 0 Å². The van der Waals surface area contributed by atoms with E-state index in [-0.39, 0.29) is 24.1 Å². The quantitative estimate of drug-likeness (QED) is 0.481. The monoisotopic (exact) mass is 370 g/mol. The Kier molecular flexibility index (Phi) is 5.59. The van der Waals surface area contributed by atoms with Gasteiger partial charge >= 0.3 is 0 Å². The zero-order valence-electron chi connectivity index (χ0n) is 11.0. The molecule has 0 saturated carbocycles. The Morgan fingerprint density at radius 1 is 1.29 bits per heavy atom. The molecule has 0 aliphatic carbocycles. The minimum atomic E-state index is -0.513. The number of hydrogen-bond donors (Lipinski definition) is 1. The fourth-order valence-corrected chi connectivity index (χ4v) is 2.27. The van der Waals surface area contributed by atoms with Crippen molar-refractivity contribution < 1.29 is 9.13 Å². The van der Waals surface area contributed by atoms with Crippen LogP contribution in [0.4, 0.5) is 10.1 Å². The molecule has 0 amide bonds. The molecule has 0 heterocycles. The fraction of sp³-hybridized carbons (Fsp3) is 0.133. The van der Waals surface area contributed by atoms with Gasteiger partial charge in [-0.05, 0) is 27.6 Å². The van der Waals surface area contributed by atoms with Gasteiger partial charge in [-0.2, -0.15) is 0 Å². The summed E-state index contributed by atoms with van der Waals surface area (Å²) in [6.45, 7) is 0.281. The number of alkyl halides is 1.